The second kappa shape index (κ2) is 3.27. The molecule has 16 heavy (non-hydrogen) atoms. The summed E-state index contributed by atoms with van der Waals surface area (Å²) in [5, 5.41) is 3.07. The number of nitrogens with one attached hydrogen (secondary N) is 1. The van der Waals surface area contributed by atoms with Crippen LogP contribution in [0.15, 0.2) is 18.6 Å². The van der Waals surface area contributed by atoms with E-state index in [1.807, 2.05) is 6.92 Å². The van der Waals surface area contributed by atoms with Gasteiger partial charge < -0.3 is 5.32 Å². The summed E-state index contributed by atoms with van der Waals surface area (Å²) < 4.78 is 0. The van der Waals surface area contributed by atoms with Gasteiger partial charge in [-0.3, -0.25) is 14.8 Å². The maximum atomic E-state index is 11.8. The minimum absolute atomic E-state index is 0.0661. The third kappa shape index (κ3) is 1.58. The Morgan fingerprint density at radius 2 is 2.38 bits per heavy atom. The van der Waals surface area contributed by atoms with Gasteiger partial charge in [0.1, 0.15) is 0 Å². The Labute approximate surface area is 94.5 Å². The Kier molecular flexibility index (Phi) is 1.99. The monoisotopic (exact) mass is 217 g/mol. The number of carbonyl (C=O) groups is 1. The molecule has 1 N–H and O–H groups in total. The summed E-state index contributed by atoms with van der Waals surface area (Å²) in [6.45, 7) is 2.02. The molecule has 2 aliphatic carbocycles. The molecule has 2 saturated carbocycles. The Morgan fingerprint density at radius 3 is 2.94 bits per heavy atom. The lowest BCUT2D eigenvalue weighted by Gasteiger charge is -2.14. The summed E-state index contributed by atoms with van der Waals surface area (Å²) in [4.78, 5) is 20.0. The van der Waals surface area contributed by atoms with E-state index < -0.39 is 0 Å². The number of hydrogen-bond acceptors (Lipinski definition) is 3. The van der Waals surface area contributed by atoms with E-state index in [0.29, 0.717) is 5.92 Å². The average molecular weight is 217 g/mol. The molecule has 1 aromatic rings. The Hall–Kier alpha value is -1.45. The lowest BCUT2D eigenvalue weighted by Crippen LogP contribution is -2.37. The highest BCUT2D eigenvalue weighted by atomic mass is 16.2. The topological polar surface area (TPSA) is 54.9 Å². The van der Waals surface area contributed by atoms with E-state index >= 15 is 0 Å². The van der Waals surface area contributed by atoms with Crippen LogP contribution in [0.3, 0.4) is 0 Å². The molecular weight excluding hydrogens is 202 g/mol. The third-order valence-corrected chi connectivity index (χ3v) is 3.64. The molecule has 0 bridgehead atoms. The Morgan fingerprint density at radius 1 is 1.62 bits per heavy atom. The van der Waals surface area contributed by atoms with Gasteiger partial charge in [-0.25, -0.2) is 0 Å². The molecule has 0 saturated heterocycles. The standard InChI is InChI=1S/C12H15N3O/c1-8(4-10-7-13-2-3-14-10)15-11(16)12-5-9(12)6-12/h2-3,7-9H,4-6H2,1H3,(H,15,16). The maximum absolute atomic E-state index is 11.8. The molecular formula is C12H15N3O. The minimum Gasteiger partial charge on any atom is -0.353 e. The summed E-state index contributed by atoms with van der Waals surface area (Å²) in [7, 11) is 0. The zero-order valence-corrected chi connectivity index (χ0v) is 9.31. The summed E-state index contributed by atoms with van der Waals surface area (Å²) in [6, 6.07) is 0.139. The first-order valence-electron chi connectivity index (χ1n) is 5.76. The molecule has 84 valence electrons. The zero-order chi connectivity index (χ0) is 11.2. The summed E-state index contributed by atoms with van der Waals surface area (Å²) in [5.41, 5.74) is 0.993. The van der Waals surface area contributed by atoms with Gasteiger partial charge in [0, 0.05) is 31.1 Å². The van der Waals surface area contributed by atoms with Crippen LogP contribution in [0.1, 0.15) is 25.5 Å². The fraction of sp³-hybridized carbons (Fsp3) is 0.583. The van der Waals surface area contributed by atoms with E-state index in [4.69, 9.17) is 0 Å². The number of amides is 1. The van der Waals surface area contributed by atoms with Gasteiger partial charge in [-0.1, -0.05) is 0 Å². The summed E-state index contributed by atoms with van der Waals surface area (Å²) in [5.74, 6) is 0.949. The molecule has 1 aromatic heterocycles. The molecule has 0 aliphatic heterocycles. The van der Waals surface area contributed by atoms with Gasteiger partial charge in [0.15, 0.2) is 0 Å². The quantitative estimate of drug-likeness (QED) is 0.816. The van der Waals surface area contributed by atoms with Crippen LogP contribution in [0.5, 0.6) is 0 Å². The van der Waals surface area contributed by atoms with Crippen molar-refractivity contribution in [3.8, 4) is 0 Å². The first-order chi connectivity index (χ1) is 7.71. The molecule has 4 nitrogen and oxygen atoms in total. The van der Waals surface area contributed by atoms with Crippen molar-refractivity contribution in [2.24, 2.45) is 11.3 Å². The molecule has 3 rings (SSSR count). The van der Waals surface area contributed by atoms with E-state index in [2.05, 4.69) is 15.3 Å². The number of nitrogens with zero attached hydrogens (tertiary/aromatic N) is 2. The normalized spacial score (nSPS) is 31.4. The number of carbonyl (C=O) groups excluding carboxylic acids is 1. The second-order valence-corrected chi connectivity index (χ2v) is 5.04. The summed E-state index contributed by atoms with van der Waals surface area (Å²) in [6.07, 6.45) is 8.05. The fourth-order valence-electron chi connectivity index (χ4n) is 2.24. The highest BCUT2D eigenvalue weighted by Crippen LogP contribution is 2.75. The van der Waals surface area contributed by atoms with Gasteiger partial charge >= 0.3 is 0 Å². The van der Waals surface area contributed by atoms with Gasteiger partial charge in [-0.15, -0.1) is 0 Å². The predicted molar refractivity (Wildman–Crippen MR) is 58.5 cm³/mol. The molecule has 2 aliphatic rings. The number of hydrogen-bond donors (Lipinski definition) is 1. The van der Waals surface area contributed by atoms with Crippen LogP contribution in [0.2, 0.25) is 0 Å². The largest absolute Gasteiger partial charge is 0.353 e. The van der Waals surface area contributed by atoms with Crippen LogP contribution in [-0.2, 0) is 11.2 Å². The average Bonchev–Trinajstić information content (AvgIpc) is 3.06. The SMILES string of the molecule is CC(Cc1cnccn1)NC(=O)C12CC1C2. The van der Waals surface area contributed by atoms with Crippen molar-refractivity contribution in [3.63, 3.8) is 0 Å². The first-order valence-corrected chi connectivity index (χ1v) is 5.76. The van der Waals surface area contributed by atoms with Crippen LogP contribution in [0.25, 0.3) is 0 Å². The molecule has 1 heterocycles. The highest BCUT2D eigenvalue weighted by molar-refractivity contribution is 5.90. The third-order valence-electron chi connectivity index (χ3n) is 3.64. The van der Waals surface area contributed by atoms with E-state index in [-0.39, 0.29) is 17.4 Å². The predicted octanol–water partition coefficient (Wildman–Crippen LogP) is 0.934. The van der Waals surface area contributed by atoms with Crippen molar-refractivity contribution in [3.05, 3.63) is 24.3 Å². The lowest BCUT2D eigenvalue weighted by atomic mass is 10.1. The maximum Gasteiger partial charge on any atom is 0.226 e. The zero-order valence-electron chi connectivity index (χ0n) is 9.31. The lowest BCUT2D eigenvalue weighted by molar-refractivity contribution is -0.124. The number of fused-ring (bicyclic) bond motifs is 1. The van der Waals surface area contributed by atoms with Crippen molar-refractivity contribution in [1.82, 2.24) is 15.3 Å². The Balaban J connectivity index is 1.54. The van der Waals surface area contributed by atoms with E-state index in [9.17, 15) is 4.79 Å². The smallest absolute Gasteiger partial charge is 0.226 e. The van der Waals surface area contributed by atoms with Crippen molar-refractivity contribution in [1.29, 1.82) is 0 Å². The van der Waals surface area contributed by atoms with Crippen LogP contribution in [0.4, 0.5) is 0 Å². The molecule has 2 fully saturated rings. The molecule has 1 amide bonds. The highest BCUT2D eigenvalue weighted by Gasteiger charge is 2.74. The molecule has 1 atom stereocenters. The molecule has 1 unspecified atom stereocenters. The number of aromatic nitrogens is 2. The molecule has 0 radical (unpaired) electrons. The van der Waals surface area contributed by atoms with E-state index in [1.54, 1.807) is 18.6 Å². The van der Waals surface area contributed by atoms with Gasteiger partial charge in [0.25, 0.3) is 0 Å². The second-order valence-electron chi connectivity index (χ2n) is 5.04. The Bertz CT molecular complexity index is 412. The van der Waals surface area contributed by atoms with Crippen LogP contribution in [0, 0.1) is 11.3 Å². The van der Waals surface area contributed by atoms with Crippen LogP contribution in [-0.4, -0.2) is 21.9 Å². The van der Waals surface area contributed by atoms with Crippen molar-refractivity contribution in [2.75, 3.05) is 0 Å². The van der Waals surface area contributed by atoms with Crippen molar-refractivity contribution < 1.29 is 4.79 Å². The fourth-order valence-corrected chi connectivity index (χ4v) is 2.24. The van der Waals surface area contributed by atoms with Crippen molar-refractivity contribution in [2.45, 2.75) is 32.2 Å². The number of rotatable bonds is 4. The van der Waals surface area contributed by atoms with Crippen LogP contribution < -0.4 is 5.32 Å². The van der Waals surface area contributed by atoms with Gasteiger partial charge in [-0.05, 0) is 25.7 Å². The molecule has 0 aromatic carbocycles. The molecule has 0 spiro atoms. The minimum atomic E-state index is 0.0661. The van der Waals surface area contributed by atoms with Gasteiger partial charge in [0.2, 0.25) is 5.91 Å². The molecule has 4 heteroatoms. The van der Waals surface area contributed by atoms with Crippen molar-refractivity contribution >= 4 is 5.91 Å². The summed E-state index contributed by atoms with van der Waals surface area (Å²) >= 11 is 0. The van der Waals surface area contributed by atoms with E-state index in [0.717, 1.165) is 25.0 Å². The van der Waals surface area contributed by atoms with E-state index in [1.165, 1.54) is 0 Å². The van der Waals surface area contributed by atoms with Gasteiger partial charge in [-0.2, -0.15) is 0 Å². The van der Waals surface area contributed by atoms with Crippen LogP contribution >= 0.6 is 0 Å². The first kappa shape index (κ1) is 9.75. The van der Waals surface area contributed by atoms with Gasteiger partial charge in [0.05, 0.1) is 11.1 Å².